The molecule has 0 saturated carbocycles. The van der Waals surface area contributed by atoms with Gasteiger partial charge in [-0.15, -0.1) is 0 Å². The maximum absolute atomic E-state index is 12.6. The average molecular weight is 398 g/mol. The third kappa shape index (κ3) is 5.36. The highest BCUT2D eigenvalue weighted by atomic mass is 35.5. The molecule has 0 bridgehead atoms. The Balaban J connectivity index is 1.52. The summed E-state index contributed by atoms with van der Waals surface area (Å²) in [5.41, 5.74) is 0.219. The molecule has 2 aromatic carbocycles. The third-order valence-corrected chi connectivity index (χ3v) is 4.62. The van der Waals surface area contributed by atoms with Crippen LogP contribution in [0.4, 0.5) is 0 Å². The van der Waals surface area contributed by atoms with Crippen molar-refractivity contribution in [2.24, 2.45) is 0 Å². The number of ether oxygens (including phenoxy) is 1. The van der Waals surface area contributed by atoms with Crippen LogP contribution in [0.3, 0.4) is 0 Å². The molecule has 1 heterocycles. The van der Waals surface area contributed by atoms with Crippen molar-refractivity contribution in [3.8, 4) is 5.75 Å². The SMILES string of the molecule is CC(C)(Oc1ccc(Cl)cc1)C(=O)NCCc1nccn1Cc1ccccc1. The van der Waals surface area contributed by atoms with E-state index in [1.54, 1.807) is 44.3 Å². The highest BCUT2D eigenvalue weighted by Gasteiger charge is 2.29. The summed E-state index contributed by atoms with van der Waals surface area (Å²) in [5.74, 6) is 1.35. The summed E-state index contributed by atoms with van der Waals surface area (Å²) < 4.78 is 7.91. The lowest BCUT2D eigenvalue weighted by Gasteiger charge is -2.25. The van der Waals surface area contributed by atoms with Crippen LogP contribution in [0.15, 0.2) is 67.0 Å². The number of aromatic nitrogens is 2. The molecule has 0 fully saturated rings. The average Bonchev–Trinajstić information content (AvgIpc) is 3.11. The fourth-order valence-electron chi connectivity index (χ4n) is 2.84. The monoisotopic (exact) mass is 397 g/mol. The lowest BCUT2D eigenvalue weighted by Crippen LogP contribution is -2.47. The van der Waals surface area contributed by atoms with E-state index < -0.39 is 5.60 Å². The first kappa shape index (κ1) is 20.0. The van der Waals surface area contributed by atoms with Crippen molar-refractivity contribution in [1.29, 1.82) is 0 Å². The Bertz CT molecular complexity index is 905. The van der Waals surface area contributed by atoms with Crippen LogP contribution in [-0.2, 0) is 17.8 Å². The highest BCUT2D eigenvalue weighted by molar-refractivity contribution is 6.30. The largest absolute Gasteiger partial charge is 0.478 e. The van der Waals surface area contributed by atoms with Crippen LogP contribution in [0, 0.1) is 0 Å². The second kappa shape index (κ2) is 8.93. The van der Waals surface area contributed by atoms with Crippen molar-refractivity contribution < 1.29 is 9.53 Å². The van der Waals surface area contributed by atoms with Crippen LogP contribution in [-0.4, -0.2) is 27.6 Å². The van der Waals surface area contributed by atoms with Gasteiger partial charge in [-0.3, -0.25) is 4.79 Å². The minimum Gasteiger partial charge on any atom is -0.478 e. The van der Waals surface area contributed by atoms with Crippen molar-refractivity contribution in [3.63, 3.8) is 0 Å². The second-order valence-corrected chi connectivity index (χ2v) is 7.47. The van der Waals surface area contributed by atoms with Crippen LogP contribution < -0.4 is 10.1 Å². The first-order valence-corrected chi connectivity index (χ1v) is 9.59. The van der Waals surface area contributed by atoms with Gasteiger partial charge in [0.25, 0.3) is 5.91 Å². The lowest BCUT2D eigenvalue weighted by atomic mass is 10.1. The minimum atomic E-state index is -0.993. The Labute approximate surface area is 170 Å². The molecular formula is C22H24ClN3O2. The molecule has 28 heavy (non-hydrogen) atoms. The Morgan fingerprint density at radius 3 is 2.57 bits per heavy atom. The maximum Gasteiger partial charge on any atom is 0.263 e. The first-order chi connectivity index (χ1) is 13.4. The van der Waals surface area contributed by atoms with Crippen molar-refractivity contribution in [1.82, 2.24) is 14.9 Å². The summed E-state index contributed by atoms with van der Waals surface area (Å²) in [6, 6.07) is 17.2. The Morgan fingerprint density at radius 2 is 1.86 bits per heavy atom. The summed E-state index contributed by atoms with van der Waals surface area (Å²) in [6.07, 6.45) is 4.38. The van der Waals surface area contributed by atoms with Gasteiger partial charge in [-0.2, -0.15) is 0 Å². The van der Waals surface area contributed by atoms with E-state index >= 15 is 0 Å². The van der Waals surface area contributed by atoms with E-state index in [-0.39, 0.29) is 5.91 Å². The van der Waals surface area contributed by atoms with Crippen LogP contribution in [0.25, 0.3) is 0 Å². The van der Waals surface area contributed by atoms with Crippen LogP contribution in [0.2, 0.25) is 5.02 Å². The zero-order chi connectivity index (χ0) is 20.0. The van der Waals surface area contributed by atoms with E-state index in [1.165, 1.54) is 5.56 Å². The van der Waals surface area contributed by atoms with Crippen molar-refractivity contribution in [3.05, 3.63) is 83.4 Å². The van der Waals surface area contributed by atoms with Gasteiger partial charge in [0, 0.05) is 36.9 Å². The second-order valence-electron chi connectivity index (χ2n) is 7.03. The number of hydrogen-bond acceptors (Lipinski definition) is 3. The molecular weight excluding hydrogens is 374 g/mol. The zero-order valence-corrected chi connectivity index (χ0v) is 16.8. The summed E-state index contributed by atoms with van der Waals surface area (Å²) in [4.78, 5) is 17.0. The summed E-state index contributed by atoms with van der Waals surface area (Å²) >= 11 is 5.88. The van der Waals surface area contributed by atoms with Gasteiger partial charge in [-0.05, 0) is 43.7 Å². The minimum absolute atomic E-state index is 0.177. The number of benzene rings is 2. The molecule has 0 spiro atoms. The summed E-state index contributed by atoms with van der Waals surface area (Å²) in [6.45, 7) is 4.73. The van der Waals surface area contributed by atoms with Crippen LogP contribution in [0.1, 0.15) is 25.2 Å². The number of nitrogens with one attached hydrogen (secondary N) is 1. The number of hydrogen-bond donors (Lipinski definition) is 1. The predicted molar refractivity (Wildman–Crippen MR) is 111 cm³/mol. The van der Waals surface area contributed by atoms with E-state index in [1.807, 2.05) is 24.4 Å². The number of nitrogens with zero attached hydrogens (tertiary/aromatic N) is 2. The number of imidazole rings is 1. The molecule has 1 amide bonds. The number of rotatable bonds is 8. The molecule has 3 rings (SSSR count). The molecule has 0 saturated heterocycles. The van der Waals surface area contributed by atoms with Crippen molar-refractivity contribution in [2.75, 3.05) is 6.54 Å². The van der Waals surface area contributed by atoms with Gasteiger partial charge in [0.15, 0.2) is 5.60 Å². The number of carbonyl (C=O) groups is 1. The number of carbonyl (C=O) groups excluding carboxylic acids is 1. The molecule has 0 aliphatic rings. The molecule has 5 nitrogen and oxygen atoms in total. The third-order valence-electron chi connectivity index (χ3n) is 4.37. The standard InChI is InChI=1S/C22H24ClN3O2/c1-22(2,28-19-10-8-18(23)9-11-19)21(27)25-13-12-20-24-14-15-26(20)16-17-6-4-3-5-7-17/h3-11,14-15H,12-13,16H2,1-2H3,(H,25,27). The van der Waals surface area contributed by atoms with E-state index in [0.717, 1.165) is 12.4 Å². The molecule has 3 aromatic rings. The quantitative estimate of drug-likeness (QED) is 0.622. The van der Waals surface area contributed by atoms with E-state index in [4.69, 9.17) is 16.3 Å². The molecule has 0 atom stereocenters. The van der Waals surface area contributed by atoms with Gasteiger partial charge >= 0.3 is 0 Å². The Kier molecular flexibility index (Phi) is 6.37. The van der Waals surface area contributed by atoms with Gasteiger partial charge < -0.3 is 14.6 Å². The predicted octanol–water partition coefficient (Wildman–Crippen LogP) is 4.10. The van der Waals surface area contributed by atoms with Gasteiger partial charge in [0.05, 0.1) is 0 Å². The van der Waals surface area contributed by atoms with Crippen LogP contribution in [0.5, 0.6) is 5.75 Å². The zero-order valence-electron chi connectivity index (χ0n) is 16.1. The van der Waals surface area contributed by atoms with Gasteiger partial charge in [0.1, 0.15) is 11.6 Å². The Morgan fingerprint density at radius 1 is 1.14 bits per heavy atom. The summed E-state index contributed by atoms with van der Waals surface area (Å²) in [7, 11) is 0. The molecule has 0 radical (unpaired) electrons. The van der Waals surface area contributed by atoms with E-state index in [2.05, 4.69) is 27.0 Å². The smallest absolute Gasteiger partial charge is 0.263 e. The fraction of sp³-hybridized carbons (Fsp3) is 0.273. The fourth-order valence-corrected chi connectivity index (χ4v) is 2.96. The van der Waals surface area contributed by atoms with Crippen molar-refractivity contribution >= 4 is 17.5 Å². The normalized spacial score (nSPS) is 11.2. The number of halogens is 1. The molecule has 146 valence electrons. The number of amides is 1. The van der Waals surface area contributed by atoms with Crippen LogP contribution >= 0.6 is 11.6 Å². The van der Waals surface area contributed by atoms with Gasteiger partial charge in [-0.25, -0.2) is 4.98 Å². The molecule has 1 aromatic heterocycles. The first-order valence-electron chi connectivity index (χ1n) is 9.21. The Hall–Kier alpha value is -2.79. The van der Waals surface area contributed by atoms with Gasteiger partial charge in [-0.1, -0.05) is 41.9 Å². The lowest BCUT2D eigenvalue weighted by molar-refractivity contribution is -0.134. The van der Waals surface area contributed by atoms with Crippen molar-refractivity contribution in [2.45, 2.75) is 32.4 Å². The molecule has 1 N–H and O–H groups in total. The van der Waals surface area contributed by atoms with E-state index in [9.17, 15) is 4.79 Å². The molecule has 0 aliphatic heterocycles. The molecule has 0 unspecified atom stereocenters. The topological polar surface area (TPSA) is 56.1 Å². The highest BCUT2D eigenvalue weighted by Crippen LogP contribution is 2.21. The molecule has 0 aliphatic carbocycles. The molecule has 6 heteroatoms. The van der Waals surface area contributed by atoms with E-state index in [0.29, 0.717) is 23.7 Å². The van der Waals surface area contributed by atoms with Gasteiger partial charge in [0.2, 0.25) is 0 Å². The summed E-state index contributed by atoms with van der Waals surface area (Å²) in [5, 5.41) is 3.57. The maximum atomic E-state index is 12.6.